The van der Waals surface area contributed by atoms with Crippen molar-refractivity contribution in [2.75, 3.05) is 27.9 Å². The quantitative estimate of drug-likeness (QED) is 0.149. The molecule has 11 nitrogen and oxygen atoms in total. The van der Waals surface area contributed by atoms with E-state index in [-0.39, 0.29) is 25.4 Å². The predicted molar refractivity (Wildman–Crippen MR) is 151 cm³/mol. The molecule has 1 rings (SSSR count). The second kappa shape index (κ2) is 16.4. The molecule has 0 aromatic heterocycles. The van der Waals surface area contributed by atoms with Crippen LogP contribution in [0.25, 0.3) is 0 Å². The maximum Gasteiger partial charge on any atom is 0.309 e. The Kier molecular flexibility index (Phi) is 14.7. The molecule has 1 N–H and O–H groups in total. The molecular formula is C30H53NO10. The fourth-order valence-corrected chi connectivity index (χ4v) is 5.90. The molecule has 238 valence electrons. The van der Waals surface area contributed by atoms with E-state index in [1.165, 1.54) is 21.3 Å². The van der Waals surface area contributed by atoms with E-state index >= 15 is 0 Å². The summed E-state index contributed by atoms with van der Waals surface area (Å²) in [5.74, 6) is -2.78. The molecule has 0 amide bonds. The Hall–Kier alpha value is -2.24. The van der Waals surface area contributed by atoms with E-state index in [1.54, 1.807) is 13.8 Å². The monoisotopic (exact) mass is 587 g/mol. The van der Waals surface area contributed by atoms with Gasteiger partial charge in [-0.1, -0.05) is 25.7 Å². The smallest absolute Gasteiger partial charge is 0.309 e. The molecule has 0 bridgehead atoms. The number of carbonyl (C=O) groups excluding carboxylic acids is 4. The van der Waals surface area contributed by atoms with Gasteiger partial charge in [0.2, 0.25) is 0 Å². The third kappa shape index (κ3) is 11.9. The number of hydrogen-bond donors (Lipinski definition) is 1. The summed E-state index contributed by atoms with van der Waals surface area (Å²) in [6.07, 6.45) is 4.48. The van der Waals surface area contributed by atoms with Crippen molar-refractivity contribution in [2.24, 2.45) is 11.8 Å². The lowest BCUT2D eigenvalue weighted by atomic mass is 9.65. The van der Waals surface area contributed by atoms with Crippen molar-refractivity contribution in [3.63, 3.8) is 0 Å². The van der Waals surface area contributed by atoms with E-state index in [2.05, 4.69) is 9.47 Å². The Morgan fingerprint density at radius 1 is 0.829 bits per heavy atom. The van der Waals surface area contributed by atoms with Crippen LogP contribution in [0.1, 0.15) is 106 Å². The maximum atomic E-state index is 13.3. The molecule has 11 heteroatoms. The average Bonchev–Trinajstić information content (AvgIpc) is 2.87. The summed E-state index contributed by atoms with van der Waals surface area (Å²) in [4.78, 5) is 55.3. The van der Waals surface area contributed by atoms with Gasteiger partial charge in [0.1, 0.15) is 6.10 Å². The summed E-state index contributed by atoms with van der Waals surface area (Å²) in [7, 11) is 3.99. The second-order valence-corrected chi connectivity index (χ2v) is 12.7. The first-order chi connectivity index (χ1) is 19.0. The van der Waals surface area contributed by atoms with E-state index in [9.17, 15) is 24.3 Å². The molecule has 1 aliphatic heterocycles. The summed E-state index contributed by atoms with van der Waals surface area (Å²) >= 11 is 0. The van der Waals surface area contributed by atoms with Crippen LogP contribution in [0.15, 0.2) is 0 Å². The number of methoxy groups -OCH3 is 3. The topological polar surface area (TPSA) is 138 Å². The zero-order valence-corrected chi connectivity index (χ0v) is 26.6. The van der Waals surface area contributed by atoms with Crippen molar-refractivity contribution in [3.8, 4) is 0 Å². The van der Waals surface area contributed by atoms with Gasteiger partial charge < -0.3 is 24.1 Å². The minimum absolute atomic E-state index is 0.0324. The van der Waals surface area contributed by atoms with Crippen molar-refractivity contribution < 1.29 is 48.1 Å². The molecule has 3 unspecified atom stereocenters. The lowest BCUT2D eigenvalue weighted by Crippen LogP contribution is -2.69. The summed E-state index contributed by atoms with van der Waals surface area (Å²) in [6, 6.07) is 0. The van der Waals surface area contributed by atoms with Gasteiger partial charge in [0, 0.05) is 29.8 Å². The Morgan fingerprint density at radius 3 is 1.93 bits per heavy atom. The van der Waals surface area contributed by atoms with Crippen LogP contribution in [0.2, 0.25) is 0 Å². The van der Waals surface area contributed by atoms with Crippen LogP contribution < -0.4 is 0 Å². The van der Waals surface area contributed by atoms with Crippen molar-refractivity contribution >= 4 is 23.9 Å². The van der Waals surface area contributed by atoms with Gasteiger partial charge in [0.25, 0.3) is 0 Å². The molecule has 1 heterocycles. The molecular weight excluding hydrogens is 534 g/mol. The highest BCUT2D eigenvalue weighted by atomic mass is 16.7. The summed E-state index contributed by atoms with van der Waals surface area (Å²) in [5.41, 5.74) is -2.53. The van der Waals surface area contributed by atoms with Crippen LogP contribution in [0.3, 0.4) is 0 Å². The fourth-order valence-electron chi connectivity index (χ4n) is 5.90. The van der Waals surface area contributed by atoms with Crippen LogP contribution in [0, 0.1) is 11.8 Å². The summed E-state index contributed by atoms with van der Waals surface area (Å²) in [5, 5.41) is 12.2. The van der Waals surface area contributed by atoms with Gasteiger partial charge in [0.15, 0.2) is 0 Å². The van der Waals surface area contributed by atoms with Gasteiger partial charge >= 0.3 is 23.9 Å². The number of hydroxylamine groups is 2. The van der Waals surface area contributed by atoms with Gasteiger partial charge in [-0.05, 0) is 54.4 Å². The van der Waals surface area contributed by atoms with Crippen molar-refractivity contribution in [3.05, 3.63) is 0 Å². The van der Waals surface area contributed by atoms with Crippen LogP contribution in [-0.4, -0.2) is 84.8 Å². The largest absolute Gasteiger partial charge is 0.469 e. The van der Waals surface area contributed by atoms with Crippen molar-refractivity contribution in [1.82, 2.24) is 5.06 Å². The van der Waals surface area contributed by atoms with Crippen molar-refractivity contribution in [2.45, 2.75) is 129 Å². The fraction of sp³-hybridized carbons (Fsp3) is 0.867. The normalized spacial score (nSPS) is 21.0. The number of aliphatic hydroxyl groups is 1. The number of hydrogen-bond acceptors (Lipinski definition) is 11. The van der Waals surface area contributed by atoms with Gasteiger partial charge in [-0.2, -0.15) is 5.06 Å². The van der Waals surface area contributed by atoms with E-state index in [0.29, 0.717) is 19.3 Å². The number of piperidine rings is 1. The molecule has 3 atom stereocenters. The second-order valence-electron chi connectivity index (χ2n) is 12.7. The first-order valence-electron chi connectivity index (χ1n) is 14.6. The highest BCUT2D eigenvalue weighted by Gasteiger charge is 2.58. The average molecular weight is 588 g/mol. The predicted octanol–water partition coefficient (Wildman–Crippen LogP) is 4.13. The van der Waals surface area contributed by atoms with Gasteiger partial charge in [0.05, 0.1) is 52.3 Å². The third-order valence-corrected chi connectivity index (χ3v) is 7.64. The Morgan fingerprint density at radius 2 is 1.37 bits per heavy atom. The van der Waals surface area contributed by atoms with E-state index < -0.39 is 52.5 Å². The van der Waals surface area contributed by atoms with Gasteiger partial charge in [-0.3, -0.25) is 24.0 Å². The number of carbonyl (C=O) groups is 4. The highest BCUT2D eigenvalue weighted by molar-refractivity contribution is 5.78. The van der Waals surface area contributed by atoms with E-state index in [1.807, 2.05) is 32.8 Å². The minimum atomic E-state index is -1.09. The van der Waals surface area contributed by atoms with Crippen LogP contribution in [0.4, 0.5) is 0 Å². The van der Waals surface area contributed by atoms with Crippen LogP contribution in [-0.2, 0) is 43.0 Å². The number of ether oxygens (including phenoxy) is 4. The number of rotatable bonds is 17. The lowest BCUT2D eigenvalue weighted by molar-refractivity contribution is -0.326. The molecule has 0 saturated carbocycles. The number of esters is 4. The lowest BCUT2D eigenvalue weighted by Gasteiger charge is -2.58. The maximum absolute atomic E-state index is 13.3. The highest BCUT2D eigenvalue weighted by Crippen LogP contribution is 2.48. The summed E-state index contributed by atoms with van der Waals surface area (Å²) in [6.45, 7) is 11.2. The van der Waals surface area contributed by atoms with Gasteiger partial charge in [-0.25, -0.2) is 0 Å². The van der Waals surface area contributed by atoms with E-state index in [0.717, 1.165) is 32.1 Å². The molecule has 0 aliphatic carbocycles. The minimum Gasteiger partial charge on any atom is -0.469 e. The van der Waals surface area contributed by atoms with Crippen molar-refractivity contribution in [1.29, 1.82) is 0 Å². The zero-order valence-electron chi connectivity index (χ0n) is 26.6. The summed E-state index contributed by atoms with van der Waals surface area (Å²) < 4.78 is 20.6. The molecule has 0 spiro atoms. The standard InChI is InChI=1S/C30H53NO10/c1-28(2)19-22(41-25(34)18-17-24(33)38-8)26(30(5,6)31(28)40-20-29(3,4)36)21(27(35)39-9)15-13-11-10-12-14-16-23(32)37-7/h21-22,26,36H,10-20H2,1-9H3. The zero-order chi connectivity index (χ0) is 31.4. The Labute approximate surface area is 245 Å². The molecule has 1 fully saturated rings. The van der Waals surface area contributed by atoms with Crippen LogP contribution in [0.5, 0.6) is 0 Å². The SMILES string of the molecule is COC(=O)CCCCCCCC(C(=O)OC)C1C(OC(=O)CCC(=O)OC)CC(C)(C)N(OCC(C)(C)O)C1(C)C. The third-order valence-electron chi connectivity index (χ3n) is 7.64. The van der Waals surface area contributed by atoms with Gasteiger partial charge in [-0.15, -0.1) is 0 Å². The van der Waals surface area contributed by atoms with E-state index in [4.69, 9.17) is 14.3 Å². The first-order valence-corrected chi connectivity index (χ1v) is 14.6. The molecule has 41 heavy (non-hydrogen) atoms. The molecule has 1 saturated heterocycles. The number of nitrogens with zero attached hydrogens (tertiary/aromatic N) is 1. The Balaban J connectivity index is 3.23. The molecule has 0 aromatic rings. The molecule has 1 aliphatic rings. The first kappa shape index (κ1) is 36.8. The van der Waals surface area contributed by atoms with Crippen LogP contribution >= 0.6 is 0 Å². The molecule has 0 radical (unpaired) electrons. The Bertz CT molecular complexity index is 864. The molecule has 0 aromatic carbocycles. The number of unbranched alkanes of at least 4 members (excludes halogenated alkanes) is 4.